The van der Waals surface area contributed by atoms with Crippen LogP contribution >= 0.6 is 0 Å². The van der Waals surface area contributed by atoms with E-state index in [1.165, 1.54) is 0 Å². The fraction of sp³-hybridized carbons (Fsp3) is 0.438. The van der Waals surface area contributed by atoms with Gasteiger partial charge in [-0.2, -0.15) is 0 Å². The maximum Gasteiger partial charge on any atom is 0.132 e. The highest BCUT2D eigenvalue weighted by Gasteiger charge is 2.14. The first-order valence-corrected chi connectivity index (χ1v) is 7.62. The monoisotopic (exact) mass is 283 g/mol. The minimum absolute atomic E-state index is 0.833. The molecule has 1 aliphatic heterocycles. The van der Waals surface area contributed by atoms with Crippen molar-refractivity contribution >= 4 is 5.82 Å². The Morgan fingerprint density at radius 2 is 2.10 bits per heavy atom. The first-order valence-electron chi connectivity index (χ1n) is 7.62. The SMILES string of the molecule is CCc1nc(-c2ccccn2)cc(N2CCCNCC2)n1. The summed E-state index contributed by atoms with van der Waals surface area (Å²) in [6, 6.07) is 7.97. The zero-order chi connectivity index (χ0) is 14.5. The quantitative estimate of drug-likeness (QED) is 0.932. The number of aryl methyl sites for hydroxylation is 1. The van der Waals surface area contributed by atoms with E-state index in [1.807, 2.05) is 18.2 Å². The summed E-state index contributed by atoms with van der Waals surface area (Å²) in [7, 11) is 0. The molecule has 0 atom stereocenters. The highest BCUT2D eigenvalue weighted by atomic mass is 15.2. The van der Waals surface area contributed by atoms with Crippen LogP contribution in [0.2, 0.25) is 0 Å². The second kappa shape index (κ2) is 6.63. The van der Waals surface area contributed by atoms with Crippen molar-refractivity contribution in [3.63, 3.8) is 0 Å². The number of pyridine rings is 1. The summed E-state index contributed by atoms with van der Waals surface area (Å²) in [4.78, 5) is 16.1. The predicted molar refractivity (Wildman–Crippen MR) is 84.3 cm³/mol. The van der Waals surface area contributed by atoms with Crippen LogP contribution < -0.4 is 10.2 Å². The summed E-state index contributed by atoms with van der Waals surface area (Å²) in [5.74, 6) is 1.90. The number of nitrogens with zero attached hydrogens (tertiary/aromatic N) is 4. The van der Waals surface area contributed by atoms with Crippen LogP contribution in [0.4, 0.5) is 5.82 Å². The first kappa shape index (κ1) is 13.9. The molecule has 0 radical (unpaired) electrons. The third kappa shape index (κ3) is 3.36. The minimum Gasteiger partial charge on any atom is -0.355 e. The number of nitrogens with one attached hydrogen (secondary N) is 1. The zero-order valence-corrected chi connectivity index (χ0v) is 12.4. The second-order valence-corrected chi connectivity index (χ2v) is 5.19. The molecule has 1 N–H and O–H groups in total. The topological polar surface area (TPSA) is 53.9 Å². The molecule has 0 bridgehead atoms. The molecule has 1 saturated heterocycles. The lowest BCUT2D eigenvalue weighted by atomic mass is 10.2. The van der Waals surface area contributed by atoms with Crippen molar-refractivity contribution in [3.8, 4) is 11.4 Å². The van der Waals surface area contributed by atoms with E-state index in [0.29, 0.717) is 0 Å². The number of hydrogen-bond donors (Lipinski definition) is 1. The van der Waals surface area contributed by atoms with Gasteiger partial charge in [0.05, 0.1) is 11.4 Å². The maximum atomic E-state index is 4.70. The van der Waals surface area contributed by atoms with Crippen molar-refractivity contribution in [3.05, 3.63) is 36.3 Å². The van der Waals surface area contributed by atoms with Crippen LogP contribution in [0, 0.1) is 0 Å². The molecule has 110 valence electrons. The molecule has 2 aromatic heterocycles. The van der Waals surface area contributed by atoms with Crippen LogP contribution in [-0.4, -0.2) is 41.1 Å². The van der Waals surface area contributed by atoms with Crippen LogP contribution in [0.15, 0.2) is 30.5 Å². The molecule has 5 heteroatoms. The summed E-state index contributed by atoms with van der Waals surface area (Å²) >= 11 is 0. The Morgan fingerprint density at radius 3 is 2.90 bits per heavy atom. The highest BCUT2D eigenvalue weighted by Crippen LogP contribution is 2.21. The minimum atomic E-state index is 0.833. The smallest absolute Gasteiger partial charge is 0.132 e. The van der Waals surface area contributed by atoms with E-state index in [4.69, 9.17) is 4.98 Å². The maximum absolute atomic E-state index is 4.70. The van der Waals surface area contributed by atoms with Gasteiger partial charge < -0.3 is 10.2 Å². The molecule has 2 aromatic rings. The van der Waals surface area contributed by atoms with Crippen molar-refractivity contribution in [1.82, 2.24) is 20.3 Å². The molecule has 0 saturated carbocycles. The number of anilines is 1. The Labute approximate surface area is 125 Å². The van der Waals surface area contributed by atoms with Crippen molar-refractivity contribution in [2.45, 2.75) is 19.8 Å². The fourth-order valence-corrected chi connectivity index (χ4v) is 2.52. The average molecular weight is 283 g/mol. The van der Waals surface area contributed by atoms with Gasteiger partial charge in [0.1, 0.15) is 11.6 Å². The number of aromatic nitrogens is 3. The van der Waals surface area contributed by atoms with Crippen molar-refractivity contribution in [1.29, 1.82) is 0 Å². The van der Waals surface area contributed by atoms with Crippen LogP contribution in [-0.2, 0) is 6.42 Å². The van der Waals surface area contributed by atoms with E-state index >= 15 is 0 Å². The molecule has 0 spiro atoms. The molecule has 21 heavy (non-hydrogen) atoms. The van der Waals surface area contributed by atoms with Gasteiger partial charge in [-0.1, -0.05) is 13.0 Å². The van der Waals surface area contributed by atoms with E-state index in [2.05, 4.69) is 33.2 Å². The Hall–Kier alpha value is -2.01. The van der Waals surface area contributed by atoms with E-state index in [-0.39, 0.29) is 0 Å². The molecule has 0 aromatic carbocycles. The van der Waals surface area contributed by atoms with Gasteiger partial charge in [0.2, 0.25) is 0 Å². The van der Waals surface area contributed by atoms with Crippen LogP contribution in [0.3, 0.4) is 0 Å². The summed E-state index contributed by atoms with van der Waals surface area (Å²) in [5, 5.41) is 3.42. The standard InChI is InChI=1S/C16H21N5/c1-2-15-19-14(13-6-3-4-8-18-13)12-16(20-15)21-10-5-7-17-9-11-21/h3-4,6,8,12,17H,2,5,7,9-11H2,1H3. The van der Waals surface area contributed by atoms with Crippen LogP contribution in [0.25, 0.3) is 11.4 Å². The van der Waals surface area contributed by atoms with Crippen LogP contribution in [0.1, 0.15) is 19.2 Å². The van der Waals surface area contributed by atoms with Crippen LogP contribution in [0.5, 0.6) is 0 Å². The average Bonchev–Trinajstić information content (AvgIpc) is 2.84. The number of rotatable bonds is 3. The molecule has 0 aliphatic carbocycles. The normalized spacial score (nSPS) is 15.8. The largest absolute Gasteiger partial charge is 0.355 e. The van der Waals surface area contributed by atoms with Crippen molar-refractivity contribution < 1.29 is 0 Å². The Balaban J connectivity index is 1.96. The summed E-state index contributed by atoms with van der Waals surface area (Å²) in [5.41, 5.74) is 1.82. The number of hydrogen-bond acceptors (Lipinski definition) is 5. The third-order valence-corrected chi connectivity index (χ3v) is 3.67. The first-order chi connectivity index (χ1) is 10.4. The van der Waals surface area contributed by atoms with Gasteiger partial charge in [-0.05, 0) is 25.1 Å². The zero-order valence-electron chi connectivity index (χ0n) is 12.4. The lowest BCUT2D eigenvalue weighted by Crippen LogP contribution is -2.29. The van der Waals surface area contributed by atoms with Crippen molar-refractivity contribution in [2.75, 3.05) is 31.1 Å². The molecule has 0 unspecified atom stereocenters. The van der Waals surface area contributed by atoms with E-state index < -0.39 is 0 Å². The van der Waals surface area contributed by atoms with Gasteiger partial charge in [0, 0.05) is 38.3 Å². The molecular weight excluding hydrogens is 262 g/mol. The molecule has 3 rings (SSSR count). The highest BCUT2D eigenvalue weighted by molar-refractivity contribution is 5.59. The van der Waals surface area contributed by atoms with Gasteiger partial charge in [-0.3, -0.25) is 4.98 Å². The molecule has 5 nitrogen and oxygen atoms in total. The lowest BCUT2D eigenvalue weighted by Gasteiger charge is -2.22. The third-order valence-electron chi connectivity index (χ3n) is 3.67. The lowest BCUT2D eigenvalue weighted by molar-refractivity contribution is 0.724. The summed E-state index contributed by atoms with van der Waals surface area (Å²) < 4.78 is 0. The van der Waals surface area contributed by atoms with Gasteiger partial charge in [-0.15, -0.1) is 0 Å². The van der Waals surface area contributed by atoms with Gasteiger partial charge >= 0.3 is 0 Å². The Kier molecular flexibility index (Phi) is 4.40. The predicted octanol–water partition coefficient (Wildman–Crippen LogP) is 1.90. The van der Waals surface area contributed by atoms with E-state index in [1.54, 1.807) is 6.20 Å². The summed E-state index contributed by atoms with van der Waals surface area (Å²) in [6.45, 7) is 6.20. The second-order valence-electron chi connectivity index (χ2n) is 5.19. The van der Waals surface area contributed by atoms with Gasteiger partial charge in [-0.25, -0.2) is 9.97 Å². The molecule has 0 amide bonds. The van der Waals surface area contributed by atoms with Gasteiger partial charge in [0.25, 0.3) is 0 Å². The molecule has 1 fully saturated rings. The van der Waals surface area contributed by atoms with E-state index in [0.717, 1.165) is 62.1 Å². The van der Waals surface area contributed by atoms with Gasteiger partial charge in [0.15, 0.2) is 0 Å². The summed E-state index contributed by atoms with van der Waals surface area (Å²) in [6.07, 6.45) is 3.78. The van der Waals surface area contributed by atoms with E-state index in [9.17, 15) is 0 Å². The van der Waals surface area contributed by atoms with Crippen molar-refractivity contribution in [2.24, 2.45) is 0 Å². The fourth-order valence-electron chi connectivity index (χ4n) is 2.52. The molecule has 3 heterocycles. The molecular formula is C16H21N5. The Bertz CT molecular complexity index is 576. The Morgan fingerprint density at radius 1 is 1.14 bits per heavy atom. The molecule has 1 aliphatic rings.